The van der Waals surface area contributed by atoms with Gasteiger partial charge in [-0.15, -0.1) is 0 Å². The Kier molecular flexibility index (Phi) is 8.32. The molecule has 2 aromatic carbocycles. The summed E-state index contributed by atoms with van der Waals surface area (Å²) in [5, 5.41) is 3.34. The summed E-state index contributed by atoms with van der Waals surface area (Å²) in [6.45, 7) is 1.36. The molecule has 41 heavy (non-hydrogen) atoms. The molecule has 2 heterocycles. The maximum atomic E-state index is 13.9. The molecule has 2 amide bonds. The zero-order valence-electron chi connectivity index (χ0n) is 22.6. The number of likely N-dealkylation sites (tertiary alicyclic amines) is 1. The van der Waals surface area contributed by atoms with Gasteiger partial charge in [0.05, 0.1) is 24.3 Å². The molecule has 1 N–H and O–H groups in total. The Bertz CT molecular complexity index is 1280. The molecule has 2 aliphatic heterocycles. The fraction of sp³-hybridized carbons (Fsp3) is 0.500. The van der Waals surface area contributed by atoms with E-state index in [0.717, 1.165) is 4.90 Å². The highest BCUT2D eigenvalue weighted by Crippen LogP contribution is 2.44. The molecule has 6 nitrogen and oxygen atoms in total. The van der Waals surface area contributed by atoms with Gasteiger partial charge in [0.2, 0.25) is 0 Å². The number of urea groups is 1. The molecular formula is C28H30F7N3O3. The fourth-order valence-corrected chi connectivity index (χ4v) is 5.88. The monoisotopic (exact) mass is 589 g/mol. The quantitative estimate of drug-likeness (QED) is 0.340. The third kappa shape index (κ3) is 6.60. The van der Waals surface area contributed by atoms with Crippen molar-refractivity contribution in [3.05, 3.63) is 70.0 Å². The lowest BCUT2D eigenvalue weighted by Gasteiger charge is -2.47. The van der Waals surface area contributed by atoms with Crippen LogP contribution in [0.1, 0.15) is 59.5 Å². The molecule has 3 atom stereocenters. The zero-order valence-corrected chi connectivity index (χ0v) is 22.6. The van der Waals surface area contributed by atoms with Crippen LogP contribution in [-0.2, 0) is 28.4 Å². The highest BCUT2D eigenvalue weighted by atomic mass is 19.4. The van der Waals surface area contributed by atoms with Crippen molar-refractivity contribution in [2.75, 3.05) is 20.7 Å². The molecule has 1 spiro atoms. The summed E-state index contributed by atoms with van der Waals surface area (Å²) in [5.41, 5.74) is -2.56. The van der Waals surface area contributed by atoms with Crippen LogP contribution in [0.2, 0.25) is 0 Å². The van der Waals surface area contributed by atoms with Gasteiger partial charge in [-0.25, -0.2) is 9.18 Å². The van der Waals surface area contributed by atoms with Gasteiger partial charge in [0.1, 0.15) is 11.9 Å². The third-order valence-corrected chi connectivity index (χ3v) is 7.90. The standard InChI is InChI=1S/C28H30F7N3O3/c1-16-10-20(29)4-5-21(16)23-14-26(7-6-22(36-26)24(39)41-3)8-9-38(23)25(40)37(2)15-17-11-18(27(30,31)32)13-19(12-17)28(33,34)35/h4-5,10-13,22-23,36H,6-9,14-15H2,1-3H3. The van der Waals surface area contributed by atoms with Gasteiger partial charge in [0.25, 0.3) is 0 Å². The summed E-state index contributed by atoms with van der Waals surface area (Å²) in [7, 11) is 2.59. The van der Waals surface area contributed by atoms with Gasteiger partial charge in [-0.3, -0.25) is 10.1 Å². The van der Waals surface area contributed by atoms with Crippen molar-refractivity contribution in [2.45, 2.75) is 69.1 Å². The largest absolute Gasteiger partial charge is 0.468 e. The van der Waals surface area contributed by atoms with E-state index in [1.165, 1.54) is 31.2 Å². The minimum atomic E-state index is -5.01. The van der Waals surface area contributed by atoms with E-state index in [-0.39, 0.29) is 18.2 Å². The number of carbonyl (C=O) groups is 2. The van der Waals surface area contributed by atoms with Gasteiger partial charge in [-0.2, -0.15) is 26.3 Å². The van der Waals surface area contributed by atoms with E-state index in [9.17, 15) is 40.3 Å². The Labute approximate surface area is 232 Å². The van der Waals surface area contributed by atoms with E-state index in [4.69, 9.17) is 4.74 Å². The van der Waals surface area contributed by atoms with Crippen molar-refractivity contribution in [3.63, 3.8) is 0 Å². The number of halogens is 7. The van der Waals surface area contributed by atoms with Crippen LogP contribution in [-0.4, -0.2) is 54.1 Å². The van der Waals surface area contributed by atoms with Crippen LogP contribution in [0, 0.1) is 12.7 Å². The number of rotatable bonds is 4. The second kappa shape index (κ2) is 11.1. The van der Waals surface area contributed by atoms with Crippen LogP contribution < -0.4 is 5.32 Å². The van der Waals surface area contributed by atoms with E-state index in [0.29, 0.717) is 48.9 Å². The number of nitrogens with zero attached hydrogens (tertiary/aromatic N) is 2. The maximum absolute atomic E-state index is 13.9. The summed E-state index contributed by atoms with van der Waals surface area (Å²) in [5.74, 6) is -0.879. The summed E-state index contributed by atoms with van der Waals surface area (Å²) in [4.78, 5) is 28.4. The maximum Gasteiger partial charge on any atom is 0.416 e. The molecule has 0 aliphatic carbocycles. The first-order valence-corrected chi connectivity index (χ1v) is 12.9. The molecule has 224 valence electrons. The first-order chi connectivity index (χ1) is 19.0. The van der Waals surface area contributed by atoms with Crippen LogP contribution in [0.15, 0.2) is 36.4 Å². The number of esters is 1. The molecular weight excluding hydrogens is 559 g/mol. The Hall–Kier alpha value is -3.35. The van der Waals surface area contributed by atoms with E-state index in [2.05, 4.69) is 5.32 Å². The molecule has 0 bridgehead atoms. The number of nitrogens with one attached hydrogen (secondary N) is 1. The van der Waals surface area contributed by atoms with Crippen LogP contribution in [0.4, 0.5) is 35.5 Å². The van der Waals surface area contributed by atoms with Crippen LogP contribution in [0.3, 0.4) is 0 Å². The smallest absolute Gasteiger partial charge is 0.416 e. The summed E-state index contributed by atoms with van der Waals surface area (Å²) in [6, 6.07) is 3.65. The summed E-state index contributed by atoms with van der Waals surface area (Å²) >= 11 is 0. The predicted molar refractivity (Wildman–Crippen MR) is 134 cm³/mol. The topological polar surface area (TPSA) is 61.9 Å². The lowest BCUT2D eigenvalue weighted by Crippen LogP contribution is -2.56. The highest BCUT2D eigenvalue weighted by molar-refractivity contribution is 5.77. The molecule has 3 unspecified atom stereocenters. The van der Waals surface area contributed by atoms with E-state index in [1.807, 2.05) is 0 Å². The van der Waals surface area contributed by atoms with Crippen molar-refractivity contribution in [3.8, 4) is 0 Å². The summed E-state index contributed by atoms with van der Waals surface area (Å²) < 4.78 is 98.9. The Morgan fingerprint density at radius 3 is 2.24 bits per heavy atom. The molecule has 2 saturated heterocycles. The zero-order chi connectivity index (χ0) is 30.3. The Balaban J connectivity index is 1.63. The average Bonchev–Trinajstić information content (AvgIpc) is 3.29. The summed E-state index contributed by atoms with van der Waals surface area (Å²) in [6.07, 6.45) is -8.09. The number of methoxy groups -OCH3 is 1. The third-order valence-electron chi connectivity index (χ3n) is 7.90. The molecule has 2 aliphatic rings. The molecule has 0 saturated carbocycles. The van der Waals surface area contributed by atoms with Gasteiger partial charge in [-0.1, -0.05) is 6.07 Å². The number of amides is 2. The van der Waals surface area contributed by atoms with Gasteiger partial charge in [0, 0.05) is 25.7 Å². The molecule has 13 heteroatoms. The van der Waals surface area contributed by atoms with Crippen LogP contribution in [0.5, 0.6) is 0 Å². The SMILES string of the molecule is COC(=O)C1CCC2(CCN(C(=O)N(C)Cc3cc(C(F)(F)F)cc(C(F)(F)F)c3)C(c3ccc(F)cc3C)C2)N1. The number of hydrogen-bond acceptors (Lipinski definition) is 4. The first kappa shape index (κ1) is 30.6. The Morgan fingerprint density at radius 1 is 1.05 bits per heavy atom. The average molecular weight is 590 g/mol. The minimum Gasteiger partial charge on any atom is -0.468 e. The molecule has 0 radical (unpaired) electrons. The van der Waals surface area contributed by atoms with Crippen molar-refractivity contribution in [1.29, 1.82) is 0 Å². The Morgan fingerprint density at radius 2 is 1.68 bits per heavy atom. The number of hydrogen-bond donors (Lipinski definition) is 1. The molecule has 2 fully saturated rings. The normalized spacial score (nSPS) is 23.1. The number of alkyl halides is 6. The second-order valence-corrected chi connectivity index (χ2v) is 10.8. The van der Waals surface area contributed by atoms with E-state index < -0.39 is 65.5 Å². The number of aryl methyl sites for hydroxylation is 1. The lowest BCUT2D eigenvalue weighted by atomic mass is 9.79. The van der Waals surface area contributed by atoms with Crippen LogP contribution in [0.25, 0.3) is 0 Å². The molecule has 0 aromatic heterocycles. The van der Waals surface area contributed by atoms with Gasteiger partial charge in [-0.05, 0) is 79.6 Å². The fourth-order valence-electron chi connectivity index (χ4n) is 5.88. The van der Waals surface area contributed by atoms with Gasteiger partial charge >= 0.3 is 24.4 Å². The second-order valence-electron chi connectivity index (χ2n) is 10.8. The number of benzene rings is 2. The predicted octanol–water partition coefficient (Wildman–Crippen LogP) is 6.22. The lowest BCUT2D eigenvalue weighted by molar-refractivity contribution is -0.144. The number of piperidine rings is 1. The van der Waals surface area contributed by atoms with E-state index >= 15 is 0 Å². The van der Waals surface area contributed by atoms with Crippen molar-refractivity contribution < 1.29 is 45.1 Å². The molecule has 4 rings (SSSR count). The van der Waals surface area contributed by atoms with Crippen molar-refractivity contribution in [2.24, 2.45) is 0 Å². The number of ether oxygens (including phenoxy) is 1. The highest BCUT2D eigenvalue weighted by Gasteiger charge is 2.48. The van der Waals surface area contributed by atoms with Crippen molar-refractivity contribution in [1.82, 2.24) is 15.1 Å². The number of carbonyl (C=O) groups excluding carboxylic acids is 2. The van der Waals surface area contributed by atoms with Crippen molar-refractivity contribution >= 4 is 12.0 Å². The first-order valence-electron chi connectivity index (χ1n) is 12.9. The van der Waals surface area contributed by atoms with Gasteiger partial charge < -0.3 is 14.5 Å². The van der Waals surface area contributed by atoms with Crippen LogP contribution >= 0.6 is 0 Å². The van der Waals surface area contributed by atoms with E-state index in [1.54, 1.807) is 13.0 Å². The minimum absolute atomic E-state index is 0.0406. The van der Waals surface area contributed by atoms with Gasteiger partial charge in [0.15, 0.2) is 0 Å². The molecule has 2 aromatic rings.